The van der Waals surface area contributed by atoms with Crippen LogP contribution >= 0.6 is 0 Å². The van der Waals surface area contributed by atoms with Gasteiger partial charge in [0.1, 0.15) is 6.10 Å². The molecule has 206 valence electrons. The van der Waals surface area contributed by atoms with E-state index in [9.17, 15) is 14.7 Å². The molecular weight excluding hydrogens is 480 g/mol. The Morgan fingerprint density at radius 2 is 1.82 bits per heavy atom. The van der Waals surface area contributed by atoms with E-state index in [4.69, 9.17) is 4.74 Å². The fourth-order valence-corrected chi connectivity index (χ4v) is 5.56. The minimum atomic E-state index is -0.415. The van der Waals surface area contributed by atoms with Crippen LogP contribution in [-0.2, 0) is 0 Å². The van der Waals surface area contributed by atoms with Crippen LogP contribution in [0.25, 0.3) is 0 Å². The van der Waals surface area contributed by atoms with Crippen molar-refractivity contribution in [1.29, 1.82) is 0 Å². The second-order valence-electron chi connectivity index (χ2n) is 11.0. The molecule has 0 bridgehead atoms. The monoisotopic (exact) mass is 522 g/mol. The number of carbonyl (C=O) groups is 2. The van der Waals surface area contributed by atoms with Gasteiger partial charge in [0, 0.05) is 31.2 Å². The van der Waals surface area contributed by atoms with Crippen LogP contribution in [0.5, 0.6) is 5.75 Å². The lowest BCUT2D eigenvalue weighted by Crippen LogP contribution is -2.50. The molecule has 0 saturated heterocycles. The molecule has 0 aromatic heterocycles. The molecule has 1 fully saturated rings. The van der Waals surface area contributed by atoms with E-state index in [0.29, 0.717) is 41.7 Å². The van der Waals surface area contributed by atoms with Gasteiger partial charge in [0.05, 0.1) is 23.9 Å². The summed E-state index contributed by atoms with van der Waals surface area (Å²) >= 11 is 0. The van der Waals surface area contributed by atoms with Crippen molar-refractivity contribution >= 4 is 23.3 Å². The number of hydrogen-bond donors (Lipinski definition) is 3. The van der Waals surface area contributed by atoms with E-state index in [1.807, 2.05) is 37.3 Å². The molecule has 8 heteroatoms. The van der Waals surface area contributed by atoms with Gasteiger partial charge in [-0.3, -0.25) is 4.79 Å². The van der Waals surface area contributed by atoms with E-state index in [-0.39, 0.29) is 30.6 Å². The molecule has 38 heavy (non-hydrogen) atoms. The second-order valence-corrected chi connectivity index (χ2v) is 11.0. The summed E-state index contributed by atoms with van der Waals surface area (Å²) in [5, 5.41) is 15.6. The average Bonchev–Trinajstić information content (AvgIpc) is 2.91. The number of aliphatic hydroxyl groups is 1. The summed E-state index contributed by atoms with van der Waals surface area (Å²) in [4.78, 5) is 30.6. The van der Waals surface area contributed by atoms with Crippen LogP contribution in [0.4, 0.5) is 16.2 Å². The quantitative estimate of drug-likeness (QED) is 0.450. The van der Waals surface area contributed by atoms with Gasteiger partial charge in [-0.25, -0.2) is 4.79 Å². The highest BCUT2D eigenvalue weighted by Crippen LogP contribution is 2.35. The predicted octanol–water partition coefficient (Wildman–Crippen LogP) is 5.06. The van der Waals surface area contributed by atoms with Crippen LogP contribution in [0.3, 0.4) is 0 Å². The number of urea groups is 1. The molecule has 3 N–H and O–H groups in total. The summed E-state index contributed by atoms with van der Waals surface area (Å²) in [7, 11) is 2.14. The first-order chi connectivity index (χ1) is 18.4. The first-order valence-corrected chi connectivity index (χ1v) is 13.9. The van der Waals surface area contributed by atoms with E-state index >= 15 is 0 Å². The molecule has 2 aliphatic rings. The largest absolute Gasteiger partial charge is 0.486 e. The summed E-state index contributed by atoms with van der Waals surface area (Å²) in [6.07, 6.45) is 6.28. The molecule has 0 radical (unpaired) electrons. The lowest BCUT2D eigenvalue weighted by atomic mass is 9.89. The van der Waals surface area contributed by atoms with Gasteiger partial charge in [-0.1, -0.05) is 50.5 Å². The number of para-hydroxylation sites is 2. The van der Waals surface area contributed by atoms with E-state index in [1.165, 1.54) is 32.1 Å². The maximum Gasteiger partial charge on any atom is 0.323 e. The number of hydrogen-bond acceptors (Lipinski definition) is 5. The lowest BCUT2D eigenvalue weighted by Gasteiger charge is -2.39. The number of aliphatic hydroxyl groups excluding tert-OH is 1. The van der Waals surface area contributed by atoms with Crippen LogP contribution in [0.2, 0.25) is 0 Å². The summed E-state index contributed by atoms with van der Waals surface area (Å²) < 4.78 is 6.63. The molecule has 1 saturated carbocycles. The normalized spacial score (nSPS) is 21.2. The Labute approximate surface area is 226 Å². The third-order valence-corrected chi connectivity index (χ3v) is 7.76. The number of nitrogens with zero attached hydrogens (tertiary/aromatic N) is 2. The molecule has 0 unspecified atom stereocenters. The fraction of sp³-hybridized carbons (Fsp3) is 0.533. The molecule has 1 aliphatic heterocycles. The number of benzene rings is 2. The number of likely N-dealkylation sites (N-methyl/N-ethyl adjacent to an activating group) is 1. The minimum absolute atomic E-state index is 0.0149. The first-order valence-electron chi connectivity index (χ1n) is 13.9. The third kappa shape index (κ3) is 7.05. The number of amides is 3. The molecule has 4 rings (SSSR count). The van der Waals surface area contributed by atoms with Crippen molar-refractivity contribution in [2.45, 2.75) is 58.1 Å². The summed E-state index contributed by atoms with van der Waals surface area (Å²) in [6.45, 7) is 6.02. The van der Waals surface area contributed by atoms with Crippen molar-refractivity contribution in [2.24, 2.45) is 11.8 Å². The number of fused-ring (bicyclic) bond motifs is 1. The van der Waals surface area contributed by atoms with E-state index in [2.05, 4.69) is 29.5 Å². The molecule has 3 atom stereocenters. The molecule has 3 amide bonds. The van der Waals surface area contributed by atoms with Gasteiger partial charge in [0.15, 0.2) is 5.75 Å². The highest BCUT2D eigenvalue weighted by Gasteiger charge is 2.35. The average molecular weight is 523 g/mol. The van der Waals surface area contributed by atoms with Crippen LogP contribution in [-0.4, -0.2) is 72.3 Å². The minimum Gasteiger partial charge on any atom is -0.486 e. The lowest BCUT2D eigenvalue weighted by molar-refractivity contribution is 0.0333. The Bertz CT molecular complexity index is 1070. The van der Waals surface area contributed by atoms with E-state index in [0.717, 1.165) is 6.54 Å². The maximum atomic E-state index is 13.7. The van der Waals surface area contributed by atoms with Crippen LogP contribution in [0.15, 0.2) is 48.5 Å². The topological polar surface area (TPSA) is 94.1 Å². The Kier molecular flexibility index (Phi) is 9.63. The van der Waals surface area contributed by atoms with Gasteiger partial charge >= 0.3 is 6.03 Å². The van der Waals surface area contributed by atoms with Gasteiger partial charge in [-0.15, -0.1) is 0 Å². The highest BCUT2D eigenvalue weighted by atomic mass is 16.5. The molecule has 0 spiro atoms. The van der Waals surface area contributed by atoms with Crippen molar-refractivity contribution in [3.05, 3.63) is 54.1 Å². The van der Waals surface area contributed by atoms with Crippen molar-refractivity contribution in [1.82, 2.24) is 9.80 Å². The number of rotatable bonds is 8. The number of carbonyl (C=O) groups excluding carboxylic acids is 2. The van der Waals surface area contributed by atoms with Crippen molar-refractivity contribution in [2.75, 3.05) is 43.9 Å². The van der Waals surface area contributed by atoms with Gasteiger partial charge in [-0.2, -0.15) is 0 Å². The van der Waals surface area contributed by atoms with Gasteiger partial charge in [-0.05, 0) is 57.0 Å². The van der Waals surface area contributed by atoms with Gasteiger partial charge in [0.2, 0.25) is 0 Å². The Morgan fingerprint density at radius 3 is 2.53 bits per heavy atom. The smallest absolute Gasteiger partial charge is 0.323 e. The Hall–Kier alpha value is -3.10. The molecule has 2 aromatic rings. The SMILES string of the molecule is C[C@@H]1CN([C@@H](C)CO)C(=O)c2cccc(NC(=O)Nc3ccccc3)c2O[C@H]1CN(C)CC1CCCCC1. The Morgan fingerprint density at radius 1 is 1.08 bits per heavy atom. The van der Waals surface area contributed by atoms with E-state index in [1.54, 1.807) is 23.1 Å². The van der Waals surface area contributed by atoms with Crippen LogP contribution in [0.1, 0.15) is 56.3 Å². The van der Waals surface area contributed by atoms with Gasteiger partial charge < -0.3 is 30.3 Å². The fourth-order valence-electron chi connectivity index (χ4n) is 5.56. The van der Waals surface area contributed by atoms with Crippen molar-refractivity contribution < 1.29 is 19.4 Å². The number of ether oxygens (including phenoxy) is 1. The highest BCUT2D eigenvalue weighted by molar-refractivity contribution is 6.04. The number of nitrogens with one attached hydrogen (secondary N) is 2. The van der Waals surface area contributed by atoms with Crippen molar-refractivity contribution in [3.63, 3.8) is 0 Å². The molecule has 8 nitrogen and oxygen atoms in total. The molecule has 1 aliphatic carbocycles. The molecule has 2 aromatic carbocycles. The van der Waals surface area contributed by atoms with Crippen LogP contribution < -0.4 is 15.4 Å². The first kappa shape index (κ1) is 27.9. The second kappa shape index (κ2) is 13.1. The maximum absolute atomic E-state index is 13.7. The zero-order valence-corrected chi connectivity index (χ0v) is 22.9. The third-order valence-electron chi connectivity index (χ3n) is 7.76. The number of anilines is 2. The molecular formula is C30H42N4O4. The summed E-state index contributed by atoms with van der Waals surface area (Å²) in [5.74, 6) is 0.880. The standard InChI is InChI=1S/C30H42N4O4/c1-21-17-34(22(2)20-35)29(36)25-15-10-16-26(32-30(37)31-24-13-8-5-9-14-24)28(25)38-27(21)19-33(3)18-23-11-6-4-7-12-23/h5,8-10,13-16,21-23,27,35H,4,6-7,11-12,17-20H2,1-3H3,(H2,31,32,37)/t21-,22+,27+/m1/s1. The zero-order valence-electron chi connectivity index (χ0n) is 22.9. The predicted molar refractivity (Wildman–Crippen MR) is 151 cm³/mol. The summed E-state index contributed by atoms with van der Waals surface area (Å²) in [6, 6.07) is 13.7. The van der Waals surface area contributed by atoms with Crippen LogP contribution in [0, 0.1) is 11.8 Å². The summed E-state index contributed by atoms with van der Waals surface area (Å²) in [5.41, 5.74) is 1.49. The zero-order chi connectivity index (χ0) is 27.1. The van der Waals surface area contributed by atoms with E-state index < -0.39 is 6.03 Å². The van der Waals surface area contributed by atoms with Crippen molar-refractivity contribution in [3.8, 4) is 5.75 Å². The molecule has 1 heterocycles. The van der Waals surface area contributed by atoms with Gasteiger partial charge in [0.25, 0.3) is 5.91 Å². The Balaban J connectivity index is 1.60.